The zero-order valence-electron chi connectivity index (χ0n) is 13.5. The highest BCUT2D eigenvalue weighted by atomic mass is 35.5. The fraction of sp³-hybridized carbons (Fsp3) is 0.750. The summed E-state index contributed by atoms with van der Waals surface area (Å²) in [6.07, 6.45) is 8.91. The van der Waals surface area contributed by atoms with Crippen molar-refractivity contribution in [1.29, 1.82) is 0 Å². The van der Waals surface area contributed by atoms with Crippen LogP contribution in [0.25, 0.3) is 0 Å². The van der Waals surface area contributed by atoms with Gasteiger partial charge < -0.3 is 10.6 Å². The number of nitrogens with one attached hydrogen (secondary N) is 2. The highest BCUT2D eigenvalue weighted by molar-refractivity contribution is 5.85. The van der Waals surface area contributed by atoms with Crippen LogP contribution in [0.15, 0.2) is 12.4 Å². The third-order valence-electron chi connectivity index (χ3n) is 5.08. The second-order valence-corrected chi connectivity index (χ2v) is 6.79. The van der Waals surface area contributed by atoms with E-state index < -0.39 is 0 Å². The molecule has 6 heteroatoms. The first-order valence-corrected chi connectivity index (χ1v) is 8.10. The monoisotopic (exact) mass is 326 g/mol. The van der Waals surface area contributed by atoms with Crippen LogP contribution in [0.5, 0.6) is 0 Å². The first-order chi connectivity index (χ1) is 10.1. The number of hydrogen-bond acceptors (Lipinski definition) is 3. The largest absolute Gasteiger partial charge is 0.355 e. The van der Waals surface area contributed by atoms with Gasteiger partial charge >= 0.3 is 0 Å². The second-order valence-electron chi connectivity index (χ2n) is 6.79. The first-order valence-electron chi connectivity index (χ1n) is 8.10. The van der Waals surface area contributed by atoms with Gasteiger partial charge in [-0.05, 0) is 30.2 Å². The average Bonchev–Trinajstić information content (AvgIpc) is 2.89. The van der Waals surface area contributed by atoms with Crippen molar-refractivity contribution in [3.8, 4) is 0 Å². The third-order valence-corrected chi connectivity index (χ3v) is 5.08. The number of aryl methyl sites for hydroxylation is 1. The van der Waals surface area contributed by atoms with Crippen molar-refractivity contribution in [3.05, 3.63) is 18.0 Å². The van der Waals surface area contributed by atoms with Crippen molar-refractivity contribution in [3.63, 3.8) is 0 Å². The molecule has 0 spiro atoms. The van der Waals surface area contributed by atoms with Crippen LogP contribution in [0.3, 0.4) is 0 Å². The van der Waals surface area contributed by atoms with E-state index in [2.05, 4.69) is 22.7 Å². The fourth-order valence-electron chi connectivity index (χ4n) is 3.56. The summed E-state index contributed by atoms with van der Waals surface area (Å²) in [4.78, 5) is 12.5. The summed E-state index contributed by atoms with van der Waals surface area (Å²) in [6, 6.07) is 0. The Balaban J connectivity index is 0.00000176. The van der Waals surface area contributed by atoms with E-state index in [0.29, 0.717) is 5.41 Å². The molecule has 2 atom stereocenters. The quantitative estimate of drug-likeness (QED) is 0.838. The molecular formula is C16H27ClN4O. The summed E-state index contributed by atoms with van der Waals surface area (Å²) >= 11 is 0. The lowest BCUT2D eigenvalue weighted by Gasteiger charge is -2.20. The molecule has 2 aliphatic rings. The zero-order valence-corrected chi connectivity index (χ0v) is 14.3. The Kier molecular flexibility index (Phi) is 5.50. The molecule has 0 unspecified atom stereocenters. The van der Waals surface area contributed by atoms with Gasteiger partial charge in [-0.15, -0.1) is 12.4 Å². The van der Waals surface area contributed by atoms with Crippen molar-refractivity contribution >= 4 is 18.3 Å². The molecule has 1 aliphatic heterocycles. The molecule has 0 aromatic carbocycles. The second kappa shape index (κ2) is 7.01. The lowest BCUT2D eigenvalue weighted by Crippen LogP contribution is -2.37. The van der Waals surface area contributed by atoms with E-state index in [9.17, 15) is 4.79 Å². The Morgan fingerprint density at radius 1 is 1.50 bits per heavy atom. The maximum atomic E-state index is 12.5. The molecule has 2 N–H and O–H groups in total. The number of aromatic nitrogens is 2. The normalized spacial score (nSPS) is 25.5. The molecule has 124 valence electrons. The number of rotatable bonds is 6. The zero-order chi connectivity index (χ0) is 14.9. The van der Waals surface area contributed by atoms with Crippen molar-refractivity contribution in [2.45, 2.75) is 38.5 Å². The molecule has 0 radical (unpaired) electrons. The average molecular weight is 327 g/mol. The summed E-state index contributed by atoms with van der Waals surface area (Å²) in [5, 5.41) is 10.8. The maximum absolute atomic E-state index is 12.5. The number of amides is 1. The van der Waals surface area contributed by atoms with Gasteiger partial charge in [0.25, 0.3) is 0 Å². The SMILES string of the molecule is CCCC1(CNC(=O)[C@H]2CNC[C@@H]2c2cnn(C)c2)CC1.Cl. The summed E-state index contributed by atoms with van der Waals surface area (Å²) in [5.74, 6) is 0.489. The smallest absolute Gasteiger partial charge is 0.225 e. The Hall–Kier alpha value is -1.07. The van der Waals surface area contributed by atoms with Crippen molar-refractivity contribution < 1.29 is 4.79 Å². The van der Waals surface area contributed by atoms with Crippen molar-refractivity contribution in [2.24, 2.45) is 18.4 Å². The Labute approximate surface area is 138 Å². The van der Waals surface area contributed by atoms with Crippen molar-refractivity contribution in [2.75, 3.05) is 19.6 Å². The lowest BCUT2D eigenvalue weighted by atomic mass is 9.90. The van der Waals surface area contributed by atoms with Crippen LogP contribution in [-0.4, -0.2) is 35.3 Å². The van der Waals surface area contributed by atoms with Gasteiger partial charge in [0.1, 0.15) is 0 Å². The Bertz CT molecular complexity index is 512. The standard InChI is InChI=1S/C16H26N4O.ClH/c1-3-4-16(5-6-16)11-18-15(21)14-9-17-8-13(14)12-7-19-20(2)10-12;/h7,10,13-14,17H,3-6,8-9,11H2,1-2H3,(H,18,21);1H/t13-,14+;/m1./s1. The molecule has 1 amide bonds. The molecule has 1 saturated carbocycles. The highest BCUT2D eigenvalue weighted by Gasteiger charge is 2.42. The molecule has 1 aromatic rings. The minimum absolute atomic E-state index is 0. The van der Waals surface area contributed by atoms with Gasteiger partial charge in [0, 0.05) is 38.8 Å². The van der Waals surface area contributed by atoms with Gasteiger partial charge in [-0.1, -0.05) is 13.3 Å². The number of halogens is 1. The van der Waals surface area contributed by atoms with Gasteiger partial charge in [-0.2, -0.15) is 5.10 Å². The molecule has 1 aliphatic carbocycles. The Morgan fingerprint density at radius 2 is 2.27 bits per heavy atom. The minimum atomic E-state index is 0. The van der Waals surface area contributed by atoms with E-state index in [1.54, 1.807) is 0 Å². The first kappa shape index (κ1) is 17.3. The van der Waals surface area contributed by atoms with Crippen LogP contribution in [-0.2, 0) is 11.8 Å². The molecule has 0 bridgehead atoms. The van der Waals surface area contributed by atoms with Gasteiger partial charge in [0.2, 0.25) is 5.91 Å². The third kappa shape index (κ3) is 3.63. The topological polar surface area (TPSA) is 59.0 Å². The van der Waals surface area contributed by atoms with Gasteiger partial charge in [0.05, 0.1) is 12.1 Å². The molecule has 1 saturated heterocycles. The predicted octanol–water partition coefficient (Wildman–Crippen LogP) is 1.84. The van der Waals surface area contributed by atoms with E-state index in [-0.39, 0.29) is 30.2 Å². The van der Waals surface area contributed by atoms with Crippen LogP contribution >= 0.6 is 12.4 Å². The van der Waals surface area contributed by atoms with E-state index in [0.717, 1.165) is 25.2 Å². The van der Waals surface area contributed by atoms with Crippen LogP contribution in [0.1, 0.15) is 44.1 Å². The van der Waals surface area contributed by atoms with Crippen LogP contribution in [0.4, 0.5) is 0 Å². The molecule has 2 fully saturated rings. The van der Waals surface area contributed by atoms with Crippen LogP contribution in [0.2, 0.25) is 0 Å². The van der Waals surface area contributed by atoms with E-state index in [1.807, 2.05) is 24.1 Å². The molecule has 3 rings (SSSR count). The molecule has 1 aromatic heterocycles. The van der Waals surface area contributed by atoms with E-state index >= 15 is 0 Å². The van der Waals surface area contributed by atoms with Crippen LogP contribution in [0, 0.1) is 11.3 Å². The van der Waals surface area contributed by atoms with Gasteiger partial charge in [0.15, 0.2) is 0 Å². The molecule has 2 heterocycles. The van der Waals surface area contributed by atoms with Crippen LogP contribution < -0.4 is 10.6 Å². The highest BCUT2D eigenvalue weighted by Crippen LogP contribution is 2.49. The summed E-state index contributed by atoms with van der Waals surface area (Å²) in [7, 11) is 1.92. The fourth-order valence-corrected chi connectivity index (χ4v) is 3.56. The summed E-state index contributed by atoms with van der Waals surface area (Å²) in [6.45, 7) is 4.72. The number of hydrogen-bond donors (Lipinski definition) is 2. The van der Waals surface area contributed by atoms with E-state index in [1.165, 1.54) is 25.7 Å². The Morgan fingerprint density at radius 3 is 2.86 bits per heavy atom. The van der Waals surface area contributed by atoms with Gasteiger partial charge in [-0.3, -0.25) is 9.48 Å². The number of carbonyl (C=O) groups is 1. The predicted molar refractivity (Wildman–Crippen MR) is 89.1 cm³/mol. The molecule has 22 heavy (non-hydrogen) atoms. The number of carbonyl (C=O) groups excluding carboxylic acids is 1. The van der Waals surface area contributed by atoms with Crippen molar-refractivity contribution in [1.82, 2.24) is 20.4 Å². The number of nitrogens with zero attached hydrogens (tertiary/aromatic N) is 2. The molecular weight excluding hydrogens is 300 g/mol. The summed E-state index contributed by atoms with van der Waals surface area (Å²) in [5.41, 5.74) is 1.58. The lowest BCUT2D eigenvalue weighted by molar-refractivity contribution is -0.125. The summed E-state index contributed by atoms with van der Waals surface area (Å²) < 4.78 is 1.81. The van der Waals surface area contributed by atoms with Gasteiger partial charge in [-0.25, -0.2) is 0 Å². The van der Waals surface area contributed by atoms with E-state index in [4.69, 9.17) is 0 Å². The maximum Gasteiger partial charge on any atom is 0.225 e. The minimum Gasteiger partial charge on any atom is -0.355 e. The molecule has 5 nitrogen and oxygen atoms in total.